The number of aliphatic hydroxyl groups excluding tert-OH is 1. The largest absolute Gasteiger partial charge is 0.449 e. The number of rotatable bonds is 4. The zero-order valence-corrected chi connectivity index (χ0v) is 14.9. The van der Waals surface area contributed by atoms with Crippen LogP contribution in [-0.4, -0.2) is 30.5 Å². The predicted octanol–water partition coefficient (Wildman–Crippen LogP) is 4.08. The fourth-order valence-electron chi connectivity index (χ4n) is 4.29. The molecule has 0 heterocycles. The smallest absolute Gasteiger partial charge is 0.407 e. The van der Waals surface area contributed by atoms with Crippen LogP contribution in [-0.2, 0) is 4.74 Å². The molecule has 4 rings (SSSR count). The van der Waals surface area contributed by atoms with E-state index in [0.717, 1.165) is 25.7 Å². The molecule has 1 amide bonds. The minimum atomic E-state index is -0.398. The van der Waals surface area contributed by atoms with Gasteiger partial charge in [-0.05, 0) is 35.1 Å². The molecular weight excluding hydrogens is 326 g/mol. The van der Waals surface area contributed by atoms with Crippen LogP contribution in [0, 0.1) is 5.92 Å². The maximum Gasteiger partial charge on any atom is 0.407 e. The lowest BCUT2D eigenvalue weighted by atomic mass is 9.86. The van der Waals surface area contributed by atoms with Crippen molar-refractivity contribution in [1.82, 2.24) is 5.32 Å². The molecule has 2 aliphatic carbocycles. The summed E-state index contributed by atoms with van der Waals surface area (Å²) < 4.78 is 5.53. The van der Waals surface area contributed by atoms with Crippen molar-refractivity contribution in [3.63, 3.8) is 0 Å². The number of hydrogen-bond acceptors (Lipinski definition) is 3. The molecule has 136 valence electrons. The van der Waals surface area contributed by atoms with E-state index in [1.54, 1.807) is 0 Å². The molecular formula is C22H25NO3. The molecule has 0 spiro atoms. The van der Waals surface area contributed by atoms with Gasteiger partial charge in [-0.25, -0.2) is 4.79 Å². The summed E-state index contributed by atoms with van der Waals surface area (Å²) >= 11 is 0. The Kier molecular flexibility index (Phi) is 4.93. The Bertz CT molecular complexity index is 743. The third-order valence-corrected chi connectivity index (χ3v) is 5.72. The Morgan fingerprint density at radius 1 is 1.00 bits per heavy atom. The number of carbonyl (C=O) groups is 1. The maximum atomic E-state index is 12.2. The number of carbonyl (C=O) groups excluding carboxylic acids is 1. The third-order valence-electron chi connectivity index (χ3n) is 5.72. The van der Waals surface area contributed by atoms with E-state index >= 15 is 0 Å². The van der Waals surface area contributed by atoms with E-state index in [2.05, 4.69) is 29.6 Å². The van der Waals surface area contributed by atoms with Crippen molar-refractivity contribution >= 4 is 6.09 Å². The van der Waals surface area contributed by atoms with Crippen LogP contribution in [0.1, 0.15) is 42.7 Å². The molecule has 2 atom stereocenters. The zero-order chi connectivity index (χ0) is 17.9. The average Bonchev–Trinajstić information content (AvgIpc) is 3.00. The molecule has 1 saturated carbocycles. The topological polar surface area (TPSA) is 58.6 Å². The van der Waals surface area contributed by atoms with Gasteiger partial charge in [0.25, 0.3) is 0 Å². The Balaban J connectivity index is 1.38. The van der Waals surface area contributed by atoms with Crippen LogP contribution < -0.4 is 5.32 Å². The van der Waals surface area contributed by atoms with Crippen molar-refractivity contribution < 1.29 is 14.6 Å². The van der Waals surface area contributed by atoms with E-state index < -0.39 is 6.09 Å². The number of hydrogen-bond donors (Lipinski definition) is 2. The second-order valence-corrected chi connectivity index (χ2v) is 7.32. The molecule has 0 aromatic heterocycles. The predicted molar refractivity (Wildman–Crippen MR) is 101 cm³/mol. The van der Waals surface area contributed by atoms with Gasteiger partial charge in [0.05, 0.1) is 6.10 Å². The van der Waals surface area contributed by atoms with Crippen molar-refractivity contribution in [2.75, 3.05) is 13.2 Å². The Morgan fingerprint density at radius 3 is 2.27 bits per heavy atom. The molecule has 2 N–H and O–H groups in total. The average molecular weight is 351 g/mol. The van der Waals surface area contributed by atoms with E-state index in [-0.39, 0.29) is 17.9 Å². The highest BCUT2D eigenvalue weighted by Gasteiger charge is 2.29. The van der Waals surface area contributed by atoms with E-state index in [9.17, 15) is 9.90 Å². The summed E-state index contributed by atoms with van der Waals surface area (Å²) in [6.45, 7) is 0.810. The van der Waals surface area contributed by atoms with Crippen molar-refractivity contribution in [2.45, 2.75) is 37.7 Å². The quantitative estimate of drug-likeness (QED) is 0.873. The maximum absolute atomic E-state index is 12.2. The van der Waals surface area contributed by atoms with Gasteiger partial charge in [0.15, 0.2) is 0 Å². The fourth-order valence-corrected chi connectivity index (χ4v) is 4.29. The van der Waals surface area contributed by atoms with E-state index in [0.29, 0.717) is 13.2 Å². The van der Waals surface area contributed by atoms with Crippen LogP contribution in [0.2, 0.25) is 0 Å². The van der Waals surface area contributed by atoms with Gasteiger partial charge >= 0.3 is 6.09 Å². The number of ether oxygens (including phenoxy) is 1. The Morgan fingerprint density at radius 2 is 1.62 bits per heavy atom. The molecule has 26 heavy (non-hydrogen) atoms. The minimum Gasteiger partial charge on any atom is -0.449 e. The van der Waals surface area contributed by atoms with Crippen molar-refractivity contribution in [1.29, 1.82) is 0 Å². The van der Waals surface area contributed by atoms with Crippen molar-refractivity contribution in [2.24, 2.45) is 5.92 Å². The highest BCUT2D eigenvalue weighted by molar-refractivity contribution is 5.79. The number of nitrogens with one attached hydrogen (secondary N) is 1. The van der Waals surface area contributed by atoms with E-state index in [1.165, 1.54) is 22.3 Å². The summed E-state index contributed by atoms with van der Waals surface area (Å²) in [6, 6.07) is 16.6. The first-order valence-electron chi connectivity index (χ1n) is 9.51. The van der Waals surface area contributed by atoms with Crippen molar-refractivity contribution in [3.8, 4) is 11.1 Å². The molecule has 4 nitrogen and oxygen atoms in total. The fraction of sp³-hybridized carbons (Fsp3) is 0.409. The summed E-state index contributed by atoms with van der Waals surface area (Å²) in [7, 11) is 0. The first-order valence-corrected chi connectivity index (χ1v) is 9.51. The number of benzene rings is 2. The molecule has 0 saturated heterocycles. The standard InChI is InChI=1S/C22H25NO3/c24-21-12-6-1-7-15(21)13-23-22(25)26-14-20-18-10-4-2-8-16(18)17-9-3-5-11-19(17)20/h2-5,8-11,15,20-21,24H,1,6-7,12-14H2,(H,23,25)/t15-,21-/m1/s1. The van der Waals surface area contributed by atoms with Gasteiger partial charge in [-0.1, -0.05) is 61.4 Å². The lowest BCUT2D eigenvalue weighted by molar-refractivity contribution is 0.0676. The summed E-state index contributed by atoms with van der Waals surface area (Å²) in [6.07, 6.45) is 3.28. The minimum absolute atomic E-state index is 0.0772. The molecule has 0 bridgehead atoms. The molecule has 2 aliphatic rings. The molecule has 2 aromatic rings. The first kappa shape index (κ1) is 17.1. The van der Waals surface area contributed by atoms with Crippen molar-refractivity contribution in [3.05, 3.63) is 59.7 Å². The van der Waals surface area contributed by atoms with Crippen LogP contribution in [0.15, 0.2) is 48.5 Å². The SMILES string of the molecule is O=C(NC[C@H]1CCCC[C@H]1O)OCC1c2ccccc2-c2ccccc21. The number of amides is 1. The summed E-state index contributed by atoms with van der Waals surface area (Å²) in [5.41, 5.74) is 4.87. The number of alkyl carbamates (subject to hydrolysis) is 1. The lowest BCUT2D eigenvalue weighted by Gasteiger charge is -2.27. The van der Waals surface area contributed by atoms with Crippen LogP contribution in [0.4, 0.5) is 4.79 Å². The molecule has 0 radical (unpaired) electrons. The van der Waals surface area contributed by atoms with Gasteiger partial charge in [0, 0.05) is 18.4 Å². The number of aliphatic hydroxyl groups is 1. The Hall–Kier alpha value is -2.33. The lowest BCUT2D eigenvalue weighted by Crippen LogP contribution is -2.37. The van der Waals surface area contributed by atoms with E-state index in [1.807, 2.05) is 24.3 Å². The molecule has 1 fully saturated rings. The van der Waals surface area contributed by atoms with Gasteiger partial charge in [0.2, 0.25) is 0 Å². The molecule has 2 aromatic carbocycles. The third kappa shape index (κ3) is 3.34. The summed E-state index contributed by atoms with van der Waals surface area (Å²) in [5.74, 6) is 0.220. The molecule has 0 aliphatic heterocycles. The normalized spacial score (nSPS) is 21.7. The second-order valence-electron chi connectivity index (χ2n) is 7.32. The number of fused-ring (bicyclic) bond motifs is 3. The first-order chi connectivity index (χ1) is 12.7. The highest BCUT2D eigenvalue weighted by atomic mass is 16.5. The Labute approximate surface area is 154 Å². The summed E-state index contributed by atoms with van der Waals surface area (Å²) in [5, 5.41) is 12.8. The second kappa shape index (κ2) is 7.50. The van der Waals surface area contributed by atoms with E-state index in [4.69, 9.17) is 4.74 Å². The van der Waals surface area contributed by atoms with Crippen LogP contribution in [0.25, 0.3) is 11.1 Å². The van der Waals surface area contributed by atoms with Crippen LogP contribution in [0.3, 0.4) is 0 Å². The van der Waals surface area contributed by atoms with Gasteiger partial charge < -0.3 is 15.2 Å². The highest BCUT2D eigenvalue weighted by Crippen LogP contribution is 2.44. The van der Waals surface area contributed by atoms with Gasteiger partial charge in [-0.15, -0.1) is 0 Å². The van der Waals surface area contributed by atoms with Crippen LogP contribution >= 0.6 is 0 Å². The van der Waals surface area contributed by atoms with Gasteiger partial charge in [-0.3, -0.25) is 0 Å². The van der Waals surface area contributed by atoms with Gasteiger partial charge in [-0.2, -0.15) is 0 Å². The molecule has 0 unspecified atom stereocenters. The van der Waals surface area contributed by atoms with Crippen LogP contribution in [0.5, 0.6) is 0 Å². The summed E-state index contributed by atoms with van der Waals surface area (Å²) in [4.78, 5) is 12.2. The molecule has 4 heteroatoms. The monoisotopic (exact) mass is 351 g/mol. The zero-order valence-electron chi connectivity index (χ0n) is 14.9. The van der Waals surface area contributed by atoms with Gasteiger partial charge in [0.1, 0.15) is 6.61 Å².